The van der Waals surface area contributed by atoms with Crippen LogP contribution in [0.2, 0.25) is 0 Å². The van der Waals surface area contributed by atoms with Gasteiger partial charge in [0.05, 0.1) is 11.2 Å². The zero-order chi connectivity index (χ0) is 26.3. The number of imidazole rings is 1. The number of pyridine rings is 1. The molecule has 0 saturated carbocycles. The van der Waals surface area contributed by atoms with E-state index in [1.54, 1.807) is 18.3 Å². The Balaban J connectivity index is 1.47. The third-order valence-corrected chi connectivity index (χ3v) is 6.97. The molecule has 0 bridgehead atoms. The molecule has 8 nitrogen and oxygen atoms in total. The van der Waals surface area contributed by atoms with Gasteiger partial charge in [-0.15, -0.1) is 0 Å². The SMILES string of the molecule is CCN1CCN(Cc2ccc(-c3nc(N)nc(-c4cc(F)c5nc(C)n(C(C)C)c5c4)c3F)nc2)CC1. The van der Waals surface area contributed by atoms with Gasteiger partial charge in [-0.05, 0) is 51.1 Å². The van der Waals surface area contributed by atoms with Crippen molar-refractivity contribution in [3.8, 4) is 22.6 Å². The fraction of sp³-hybridized carbons (Fsp3) is 0.407. The van der Waals surface area contributed by atoms with E-state index in [-0.39, 0.29) is 34.5 Å². The number of likely N-dealkylation sites (N-methyl/N-ethyl adjacent to an activating group) is 1. The number of nitrogens with two attached hydrogens (primary N) is 1. The molecule has 1 saturated heterocycles. The molecular weight excluding hydrogens is 474 g/mol. The quantitative estimate of drug-likeness (QED) is 0.414. The van der Waals surface area contributed by atoms with Crippen molar-refractivity contribution in [3.63, 3.8) is 0 Å². The highest BCUT2D eigenvalue weighted by Crippen LogP contribution is 2.33. The standard InChI is InChI=1S/C27H32F2N8/c1-5-35-8-10-36(11-9-35)15-18-6-7-21(31-14-18)26-23(29)24(33-27(30)34-26)19-12-20(28)25-22(13-19)37(16(2)3)17(4)32-25/h6-7,12-14,16H,5,8-11,15H2,1-4H3,(H2,30,33,34). The molecule has 3 aromatic heterocycles. The smallest absolute Gasteiger partial charge is 0.221 e. The van der Waals surface area contributed by atoms with Crippen molar-refractivity contribution < 1.29 is 8.78 Å². The summed E-state index contributed by atoms with van der Waals surface area (Å²) in [7, 11) is 0. The molecule has 0 aliphatic carbocycles. The third-order valence-electron chi connectivity index (χ3n) is 6.97. The number of halogens is 2. The van der Waals surface area contributed by atoms with E-state index < -0.39 is 11.6 Å². The van der Waals surface area contributed by atoms with E-state index >= 15 is 8.78 Å². The second-order valence-electron chi connectivity index (χ2n) is 9.80. The van der Waals surface area contributed by atoms with Gasteiger partial charge in [-0.25, -0.2) is 23.7 Å². The van der Waals surface area contributed by atoms with Crippen molar-refractivity contribution in [2.24, 2.45) is 0 Å². The van der Waals surface area contributed by atoms with E-state index in [1.807, 2.05) is 31.4 Å². The molecule has 1 aliphatic rings. The Morgan fingerprint density at radius 1 is 0.973 bits per heavy atom. The highest BCUT2D eigenvalue weighted by atomic mass is 19.1. The molecule has 0 radical (unpaired) electrons. The lowest BCUT2D eigenvalue weighted by Crippen LogP contribution is -2.45. The van der Waals surface area contributed by atoms with E-state index in [0.29, 0.717) is 17.0 Å². The van der Waals surface area contributed by atoms with Crippen LogP contribution in [0.4, 0.5) is 14.7 Å². The first-order chi connectivity index (χ1) is 17.7. The Morgan fingerprint density at radius 2 is 1.68 bits per heavy atom. The van der Waals surface area contributed by atoms with Crippen LogP contribution in [0.25, 0.3) is 33.7 Å². The molecule has 0 unspecified atom stereocenters. The molecule has 2 N–H and O–H groups in total. The fourth-order valence-electron chi connectivity index (χ4n) is 5.06. The number of hydrogen-bond acceptors (Lipinski definition) is 7. The fourth-order valence-corrected chi connectivity index (χ4v) is 5.06. The summed E-state index contributed by atoms with van der Waals surface area (Å²) in [6.07, 6.45) is 1.74. The molecule has 1 fully saturated rings. The van der Waals surface area contributed by atoms with Gasteiger partial charge >= 0.3 is 0 Å². The van der Waals surface area contributed by atoms with Crippen LogP contribution < -0.4 is 5.73 Å². The van der Waals surface area contributed by atoms with Crippen LogP contribution in [0.3, 0.4) is 0 Å². The molecule has 0 atom stereocenters. The van der Waals surface area contributed by atoms with Crippen LogP contribution >= 0.6 is 0 Å². The first-order valence-corrected chi connectivity index (χ1v) is 12.7. The van der Waals surface area contributed by atoms with Gasteiger partial charge in [0.25, 0.3) is 0 Å². The summed E-state index contributed by atoms with van der Waals surface area (Å²) in [6, 6.07) is 6.66. The molecule has 0 amide bonds. The number of hydrogen-bond donors (Lipinski definition) is 1. The average molecular weight is 507 g/mol. The molecule has 1 aromatic carbocycles. The second-order valence-corrected chi connectivity index (χ2v) is 9.80. The van der Waals surface area contributed by atoms with E-state index in [9.17, 15) is 0 Å². The van der Waals surface area contributed by atoms with E-state index in [0.717, 1.165) is 44.8 Å². The van der Waals surface area contributed by atoms with Crippen LogP contribution in [0.5, 0.6) is 0 Å². The van der Waals surface area contributed by atoms with Crippen LogP contribution in [-0.4, -0.2) is 67.0 Å². The number of fused-ring (bicyclic) bond motifs is 1. The highest BCUT2D eigenvalue weighted by Gasteiger charge is 2.22. The highest BCUT2D eigenvalue weighted by molar-refractivity contribution is 5.83. The largest absolute Gasteiger partial charge is 0.368 e. The van der Waals surface area contributed by atoms with Crippen molar-refractivity contribution in [3.05, 3.63) is 53.5 Å². The van der Waals surface area contributed by atoms with Gasteiger partial charge in [-0.3, -0.25) is 9.88 Å². The van der Waals surface area contributed by atoms with E-state index in [2.05, 4.69) is 36.7 Å². The lowest BCUT2D eigenvalue weighted by molar-refractivity contribution is 0.132. The predicted octanol–water partition coefficient (Wildman–Crippen LogP) is 4.44. The average Bonchev–Trinajstić information content (AvgIpc) is 3.23. The summed E-state index contributed by atoms with van der Waals surface area (Å²) in [5.74, 6) is -0.673. The monoisotopic (exact) mass is 506 g/mol. The number of piperazine rings is 1. The summed E-state index contributed by atoms with van der Waals surface area (Å²) in [5, 5.41) is 0. The van der Waals surface area contributed by atoms with Crippen molar-refractivity contribution in [1.29, 1.82) is 0 Å². The molecule has 4 aromatic rings. The van der Waals surface area contributed by atoms with Gasteiger partial charge < -0.3 is 15.2 Å². The zero-order valence-corrected chi connectivity index (χ0v) is 21.7. The van der Waals surface area contributed by atoms with Gasteiger partial charge in [0.15, 0.2) is 11.6 Å². The molecule has 37 heavy (non-hydrogen) atoms. The van der Waals surface area contributed by atoms with Gasteiger partial charge in [-0.1, -0.05) is 13.0 Å². The lowest BCUT2D eigenvalue weighted by atomic mass is 10.1. The summed E-state index contributed by atoms with van der Waals surface area (Å²) >= 11 is 0. The van der Waals surface area contributed by atoms with Crippen LogP contribution in [-0.2, 0) is 6.54 Å². The summed E-state index contributed by atoms with van der Waals surface area (Å²) in [6.45, 7) is 14.0. The molecule has 194 valence electrons. The van der Waals surface area contributed by atoms with Crippen LogP contribution in [0, 0.1) is 18.6 Å². The number of rotatable bonds is 6. The van der Waals surface area contributed by atoms with Crippen molar-refractivity contribution in [2.45, 2.75) is 40.3 Å². The minimum absolute atomic E-state index is 0.0142. The lowest BCUT2D eigenvalue weighted by Gasteiger charge is -2.33. The summed E-state index contributed by atoms with van der Waals surface area (Å²) in [5.41, 5.74) is 8.35. The minimum Gasteiger partial charge on any atom is -0.368 e. The predicted molar refractivity (Wildman–Crippen MR) is 141 cm³/mol. The molecule has 5 rings (SSSR count). The van der Waals surface area contributed by atoms with Crippen LogP contribution in [0.1, 0.15) is 38.2 Å². The first kappa shape index (κ1) is 25.2. The number of benzene rings is 1. The topological polar surface area (TPSA) is 89.0 Å². The van der Waals surface area contributed by atoms with Gasteiger partial charge in [0.2, 0.25) is 5.95 Å². The minimum atomic E-state index is -0.698. The van der Waals surface area contributed by atoms with E-state index in [1.165, 1.54) is 6.07 Å². The van der Waals surface area contributed by atoms with Crippen LogP contribution in [0.15, 0.2) is 30.5 Å². The molecular formula is C27H32F2N8. The van der Waals surface area contributed by atoms with Gasteiger partial charge in [0, 0.05) is 50.5 Å². The normalized spacial score (nSPS) is 15.2. The van der Waals surface area contributed by atoms with Gasteiger partial charge in [0.1, 0.15) is 22.7 Å². The van der Waals surface area contributed by atoms with Crippen molar-refractivity contribution in [1.82, 2.24) is 34.3 Å². The summed E-state index contributed by atoms with van der Waals surface area (Å²) < 4.78 is 32.7. The van der Waals surface area contributed by atoms with E-state index in [4.69, 9.17) is 5.73 Å². The second kappa shape index (κ2) is 10.1. The Morgan fingerprint density at radius 3 is 2.32 bits per heavy atom. The molecule has 0 spiro atoms. The number of nitrogen functional groups attached to an aromatic ring is 1. The Kier molecular flexibility index (Phi) is 6.87. The third kappa shape index (κ3) is 4.91. The Hall–Kier alpha value is -3.50. The van der Waals surface area contributed by atoms with Gasteiger partial charge in [-0.2, -0.15) is 0 Å². The maximum absolute atomic E-state index is 15.8. The maximum Gasteiger partial charge on any atom is 0.221 e. The number of aryl methyl sites for hydroxylation is 1. The number of anilines is 1. The number of nitrogens with zero attached hydrogens (tertiary/aromatic N) is 7. The van der Waals surface area contributed by atoms with Crippen molar-refractivity contribution >= 4 is 17.0 Å². The first-order valence-electron chi connectivity index (χ1n) is 12.7. The Bertz CT molecular complexity index is 1420. The maximum atomic E-state index is 15.8. The molecule has 4 heterocycles. The Labute approximate surface area is 215 Å². The summed E-state index contributed by atoms with van der Waals surface area (Å²) in [4.78, 5) is 21.9. The molecule has 1 aliphatic heterocycles. The number of aromatic nitrogens is 5. The van der Waals surface area contributed by atoms with Crippen molar-refractivity contribution in [2.75, 3.05) is 38.5 Å². The molecule has 10 heteroatoms. The zero-order valence-electron chi connectivity index (χ0n) is 21.7.